The fourth-order valence-corrected chi connectivity index (χ4v) is 2.00. The van der Waals surface area contributed by atoms with Gasteiger partial charge in [-0.3, -0.25) is 0 Å². The van der Waals surface area contributed by atoms with E-state index in [-0.39, 0.29) is 0 Å². The molecule has 0 aliphatic rings. The molecule has 12 heavy (non-hydrogen) atoms. The average Bonchev–Trinajstić information content (AvgIpc) is 2.01. The summed E-state index contributed by atoms with van der Waals surface area (Å²) in [5.41, 5.74) is 0. The van der Waals surface area contributed by atoms with Crippen molar-refractivity contribution in [1.29, 1.82) is 5.26 Å². The molecule has 0 radical (unpaired) electrons. The summed E-state index contributed by atoms with van der Waals surface area (Å²) >= 11 is 6.46. The van der Waals surface area contributed by atoms with Crippen LogP contribution in [0, 0.1) is 11.3 Å². The van der Waals surface area contributed by atoms with Gasteiger partial charge >= 0.3 is 0 Å². The molecule has 0 fully saturated rings. The molecule has 0 aliphatic heterocycles. The molecule has 4 heteroatoms. The van der Waals surface area contributed by atoms with Crippen LogP contribution in [-0.2, 0) is 4.74 Å². The molecule has 0 saturated carbocycles. The van der Waals surface area contributed by atoms with Gasteiger partial charge in [0.25, 0.3) is 0 Å². The molecule has 0 bridgehead atoms. The highest BCUT2D eigenvalue weighted by Crippen LogP contribution is 2.17. The largest absolute Gasteiger partial charge is 0.479 e. The minimum absolute atomic E-state index is 0.378. The summed E-state index contributed by atoms with van der Waals surface area (Å²) in [5.74, 6) is 0. The zero-order valence-electron chi connectivity index (χ0n) is 7.37. The maximum atomic E-state index is 8.33. The molecular weight excluding hydrogens is 190 g/mol. The second-order valence-electron chi connectivity index (χ2n) is 2.31. The van der Waals surface area contributed by atoms with Gasteiger partial charge in [-0.1, -0.05) is 18.7 Å². The standard InChI is InChI=1S/C8H13NOS2/c1-3-10-8(11)12-7(2)5-4-6-9/h7H,3-5H2,1-2H3/t7-/m1/s1. The fraction of sp³-hybridized carbons (Fsp3) is 0.750. The van der Waals surface area contributed by atoms with E-state index in [2.05, 4.69) is 6.07 Å². The lowest BCUT2D eigenvalue weighted by Gasteiger charge is -2.09. The quantitative estimate of drug-likeness (QED) is 0.658. The third-order valence-electron chi connectivity index (χ3n) is 1.22. The molecule has 0 aromatic rings. The van der Waals surface area contributed by atoms with Crippen molar-refractivity contribution in [3.8, 4) is 6.07 Å². The summed E-state index contributed by atoms with van der Waals surface area (Å²) < 4.78 is 5.69. The van der Waals surface area contributed by atoms with Gasteiger partial charge in [0, 0.05) is 11.7 Å². The predicted molar refractivity (Wildman–Crippen MR) is 56.1 cm³/mol. The fourth-order valence-electron chi connectivity index (χ4n) is 0.643. The number of nitriles is 1. The van der Waals surface area contributed by atoms with Gasteiger partial charge in [0.05, 0.1) is 12.7 Å². The topological polar surface area (TPSA) is 33.0 Å². The van der Waals surface area contributed by atoms with Crippen LogP contribution < -0.4 is 0 Å². The van der Waals surface area contributed by atoms with Crippen LogP contribution in [0.2, 0.25) is 0 Å². The number of ether oxygens (including phenoxy) is 1. The molecule has 0 N–H and O–H groups in total. The van der Waals surface area contributed by atoms with Gasteiger partial charge in [-0.05, 0) is 25.6 Å². The van der Waals surface area contributed by atoms with E-state index in [1.165, 1.54) is 11.8 Å². The SMILES string of the molecule is CCOC(=S)S[C@H](C)CCC#N. The summed E-state index contributed by atoms with van der Waals surface area (Å²) in [6.07, 6.45) is 1.46. The molecule has 0 aliphatic carbocycles. The van der Waals surface area contributed by atoms with Crippen molar-refractivity contribution in [3.05, 3.63) is 0 Å². The van der Waals surface area contributed by atoms with E-state index in [4.69, 9.17) is 22.2 Å². The van der Waals surface area contributed by atoms with Crippen LogP contribution in [-0.4, -0.2) is 16.2 Å². The number of nitrogens with zero attached hydrogens (tertiary/aromatic N) is 1. The predicted octanol–water partition coefficient (Wildman–Crippen LogP) is 2.73. The highest BCUT2D eigenvalue weighted by atomic mass is 32.2. The highest BCUT2D eigenvalue weighted by molar-refractivity contribution is 8.23. The zero-order valence-corrected chi connectivity index (χ0v) is 9.00. The molecule has 68 valence electrons. The molecule has 0 amide bonds. The lowest BCUT2D eigenvalue weighted by Crippen LogP contribution is -2.03. The Morgan fingerprint density at radius 1 is 1.75 bits per heavy atom. The second-order valence-corrected chi connectivity index (χ2v) is 4.35. The lowest BCUT2D eigenvalue weighted by atomic mass is 10.3. The van der Waals surface area contributed by atoms with Crippen LogP contribution >= 0.6 is 24.0 Å². The molecule has 0 heterocycles. The van der Waals surface area contributed by atoms with E-state index in [0.717, 1.165) is 6.42 Å². The van der Waals surface area contributed by atoms with E-state index >= 15 is 0 Å². The van der Waals surface area contributed by atoms with Crippen LogP contribution in [0.1, 0.15) is 26.7 Å². The van der Waals surface area contributed by atoms with E-state index in [1.807, 2.05) is 13.8 Å². The van der Waals surface area contributed by atoms with Crippen LogP contribution in [0.25, 0.3) is 0 Å². The van der Waals surface area contributed by atoms with Crippen molar-refractivity contribution in [1.82, 2.24) is 0 Å². The second kappa shape index (κ2) is 7.38. The van der Waals surface area contributed by atoms with Crippen molar-refractivity contribution < 1.29 is 4.74 Å². The first-order chi connectivity index (χ1) is 5.70. The Bertz CT molecular complexity index is 176. The first kappa shape index (κ1) is 11.7. The first-order valence-electron chi connectivity index (χ1n) is 3.91. The number of thiocarbonyl (C=S) groups is 1. The Kier molecular flexibility index (Phi) is 7.22. The molecule has 0 rings (SSSR count). The van der Waals surface area contributed by atoms with Gasteiger partial charge in [-0.25, -0.2) is 0 Å². The number of rotatable bonds is 4. The van der Waals surface area contributed by atoms with Gasteiger partial charge in [0.2, 0.25) is 4.38 Å². The average molecular weight is 203 g/mol. The normalized spacial score (nSPS) is 11.8. The summed E-state index contributed by atoms with van der Waals surface area (Å²) in [4.78, 5) is 0. The highest BCUT2D eigenvalue weighted by Gasteiger charge is 2.06. The molecule has 0 saturated heterocycles. The third-order valence-corrected chi connectivity index (χ3v) is 2.58. The zero-order chi connectivity index (χ0) is 9.40. The molecule has 0 spiro atoms. The van der Waals surface area contributed by atoms with Crippen molar-refractivity contribution in [2.24, 2.45) is 0 Å². The van der Waals surface area contributed by atoms with Crippen molar-refractivity contribution in [2.45, 2.75) is 31.9 Å². The summed E-state index contributed by atoms with van der Waals surface area (Å²) in [6, 6.07) is 2.11. The monoisotopic (exact) mass is 203 g/mol. The Morgan fingerprint density at radius 3 is 2.92 bits per heavy atom. The van der Waals surface area contributed by atoms with E-state index in [0.29, 0.717) is 22.7 Å². The minimum atomic E-state index is 0.378. The van der Waals surface area contributed by atoms with Crippen LogP contribution in [0.4, 0.5) is 0 Å². The first-order valence-corrected chi connectivity index (χ1v) is 5.19. The van der Waals surface area contributed by atoms with E-state index in [9.17, 15) is 0 Å². The smallest absolute Gasteiger partial charge is 0.220 e. The molecular formula is C8H13NOS2. The van der Waals surface area contributed by atoms with Gasteiger partial charge in [-0.2, -0.15) is 5.26 Å². The van der Waals surface area contributed by atoms with Gasteiger partial charge < -0.3 is 4.74 Å². The minimum Gasteiger partial charge on any atom is -0.479 e. The maximum Gasteiger partial charge on any atom is 0.220 e. The molecule has 0 unspecified atom stereocenters. The van der Waals surface area contributed by atoms with E-state index < -0.39 is 0 Å². The number of thioether (sulfide) groups is 1. The molecule has 0 aromatic carbocycles. The van der Waals surface area contributed by atoms with E-state index in [1.54, 1.807) is 0 Å². The van der Waals surface area contributed by atoms with Crippen LogP contribution in [0.15, 0.2) is 0 Å². The van der Waals surface area contributed by atoms with Crippen LogP contribution in [0.3, 0.4) is 0 Å². The van der Waals surface area contributed by atoms with Crippen LogP contribution in [0.5, 0.6) is 0 Å². The molecule has 2 nitrogen and oxygen atoms in total. The Morgan fingerprint density at radius 2 is 2.42 bits per heavy atom. The molecule has 0 aromatic heterocycles. The van der Waals surface area contributed by atoms with Gasteiger partial charge in [0.1, 0.15) is 0 Å². The number of hydrogen-bond donors (Lipinski definition) is 0. The van der Waals surface area contributed by atoms with Gasteiger partial charge in [-0.15, -0.1) is 0 Å². The van der Waals surface area contributed by atoms with Crippen molar-refractivity contribution >= 4 is 28.4 Å². The maximum absolute atomic E-state index is 8.33. The van der Waals surface area contributed by atoms with Crippen molar-refractivity contribution in [3.63, 3.8) is 0 Å². The van der Waals surface area contributed by atoms with Crippen molar-refractivity contribution in [2.75, 3.05) is 6.61 Å². The Labute approximate surface area is 83.3 Å². The third kappa shape index (κ3) is 6.44. The van der Waals surface area contributed by atoms with Gasteiger partial charge in [0.15, 0.2) is 0 Å². The Hall–Kier alpha value is -0.270. The number of hydrogen-bond acceptors (Lipinski definition) is 4. The summed E-state index contributed by atoms with van der Waals surface area (Å²) in [5, 5.41) is 8.71. The summed E-state index contributed by atoms with van der Waals surface area (Å²) in [6.45, 7) is 4.58. The molecule has 1 atom stereocenters. The Balaban J connectivity index is 3.48. The lowest BCUT2D eigenvalue weighted by molar-refractivity contribution is 0.346. The summed E-state index contributed by atoms with van der Waals surface area (Å²) in [7, 11) is 0.